The van der Waals surface area contributed by atoms with E-state index in [-0.39, 0.29) is 24.2 Å². The fourth-order valence-electron chi connectivity index (χ4n) is 4.24. The highest BCUT2D eigenvalue weighted by Crippen LogP contribution is 2.23. The number of hydrogen-bond acceptors (Lipinski definition) is 3. The van der Waals surface area contributed by atoms with Gasteiger partial charge in [-0.05, 0) is 41.7 Å². The first-order valence-corrected chi connectivity index (χ1v) is 11.1. The van der Waals surface area contributed by atoms with Gasteiger partial charge in [0, 0.05) is 45.0 Å². The fraction of sp³-hybridized carbons (Fsp3) is 0.296. The Balaban J connectivity index is 1.46. The highest BCUT2D eigenvalue weighted by atomic mass is 16.2. The molecular weight excluding hydrogens is 398 g/mol. The summed E-state index contributed by atoms with van der Waals surface area (Å²) in [6.07, 6.45) is 4.61. The standard InChI is InChI=1S/C27H29N3O2/c1-21-8-5-6-12-24(21)19-30(18-23-11-7-14-28-17-23)27(32)25-16-26(31)29(20-25)15-13-22-9-3-2-4-10-22/h2-12,14,17,25H,13,15-16,18-20H2,1H3. The lowest BCUT2D eigenvalue weighted by Crippen LogP contribution is -2.37. The maximum absolute atomic E-state index is 13.6. The van der Waals surface area contributed by atoms with Crippen LogP contribution in [0.2, 0.25) is 0 Å². The molecule has 1 aliphatic rings. The van der Waals surface area contributed by atoms with Crippen LogP contribution in [-0.4, -0.2) is 39.7 Å². The molecule has 5 heteroatoms. The third kappa shape index (κ3) is 5.41. The molecule has 1 aromatic heterocycles. The SMILES string of the molecule is Cc1ccccc1CN(Cc1cccnc1)C(=O)C1CC(=O)N(CCc2ccccc2)C1. The third-order valence-electron chi connectivity index (χ3n) is 6.11. The Morgan fingerprint density at radius 1 is 1.00 bits per heavy atom. The van der Waals surface area contributed by atoms with Crippen LogP contribution in [0.3, 0.4) is 0 Å². The second-order valence-electron chi connectivity index (χ2n) is 8.46. The summed E-state index contributed by atoms with van der Waals surface area (Å²) >= 11 is 0. The van der Waals surface area contributed by atoms with Crippen molar-refractivity contribution in [2.75, 3.05) is 13.1 Å². The van der Waals surface area contributed by atoms with Crippen LogP contribution < -0.4 is 0 Å². The predicted octanol–water partition coefficient (Wildman–Crippen LogP) is 4.01. The number of nitrogens with zero attached hydrogens (tertiary/aromatic N) is 3. The highest BCUT2D eigenvalue weighted by Gasteiger charge is 2.36. The maximum atomic E-state index is 13.6. The molecule has 32 heavy (non-hydrogen) atoms. The molecule has 4 rings (SSSR count). The van der Waals surface area contributed by atoms with Crippen LogP contribution in [-0.2, 0) is 29.1 Å². The topological polar surface area (TPSA) is 53.5 Å². The summed E-state index contributed by atoms with van der Waals surface area (Å²) < 4.78 is 0. The van der Waals surface area contributed by atoms with E-state index in [1.54, 1.807) is 12.4 Å². The Labute approximate surface area is 189 Å². The smallest absolute Gasteiger partial charge is 0.228 e. The lowest BCUT2D eigenvalue weighted by atomic mass is 10.0. The highest BCUT2D eigenvalue weighted by molar-refractivity contribution is 5.89. The molecule has 0 spiro atoms. The Morgan fingerprint density at radius 3 is 2.50 bits per heavy atom. The second-order valence-corrected chi connectivity index (χ2v) is 8.46. The van der Waals surface area contributed by atoms with Crippen LogP contribution in [0.15, 0.2) is 79.1 Å². The van der Waals surface area contributed by atoms with Gasteiger partial charge in [0.05, 0.1) is 5.92 Å². The lowest BCUT2D eigenvalue weighted by molar-refractivity contribution is -0.137. The number of rotatable bonds is 8. The van der Waals surface area contributed by atoms with Crippen LogP contribution in [0.5, 0.6) is 0 Å². The summed E-state index contributed by atoms with van der Waals surface area (Å²) in [5.74, 6) is -0.205. The fourth-order valence-corrected chi connectivity index (χ4v) is 4.24. The zero-order chi connectivity index (χ0) is 22.3. The molecule has 1 aliphatic heterocycles. The molecule has 0 saturated carbocycles. The first-order chi connectivity index (χ1) is 15.6. The summed E-state index contributed by atoms with van der Waals surface area (Å²) in [6.45, 7) is 4.20. The number of carbonyl (C=O) groups excluding carboxylic acids is 2. The molecule has 5 nitrogen and oxygen atoms in total. The van der Waals surface area contributed by atoms with E-state index < -0.39 is 0 Å². The predicted molar refractivity (Wildman–Crippen MR) is 125 cm³/mol. The van der Waals surface area contributed by atoms with Crippen molar-refractivity contribution in [3.8, 4) is 0 Å². The van der Waals surface area contributed by atoms with Crippen LogP contribution in [0.25, 0.3) is 0 Å². The van der Waals surface area contributed by atoms with E-state index >= 15 is 0 Å². The van der Waals surface area contributed by atoms with Crippen LogP contribution in [0.4, 0.5) is 0 Å². The molecule has 1 saturated heterocycles. The molecule has 0 aliphatic carbocycles. The molecule has 0 bridgehead atoms. The molecule has 2 heterocycles. The summed E-state index contributed by atoms with van der Waals surface area (Å²) in [7, 11) is 0. The minimum atomic E-state index is -0.307. The molecule has 2 amide bonds. The van der Waals surface area contributed by atoms with E-state index in [9.17, 15) is 9.59 Å². The zero-order valence-electron chi connectivity index (χ0n) is 18.5. The number of aromatic nitrogens is 1. The first kappa shape index (κ1) is 21.8. The second kappa shape index (κ2) is 10.2. The number of benzene rings is 2. The monoisotopic (exact) mass is 427 g/mol. The van der Waals surface area contributed by atoms with E-state index in [0.717, 1.165) is 23.1 Å². The normalized spacial score (nSPS) is 15.7. The van der Waals surface area contributed by atoms with Crippen molar-refractivity contribution in [3.63, 3.8) is 0 Å². The molecule has 1 atom stereocenters. The van der Waals surface area contributed by atoms with Gasteiger partial charge in [-0.1, -0.05) is 60.7 Å². The van der Waals surface area contributed by atoms with E-state index in [2.05, 4.69) is 36.2 Å². The van der Waals surface area contributed by atoms with Crippen molar-refractivity contribution in [2.45, 2.75) is 32.9 Å². The zero-order valence-corrected chi connectivity index (χ0v) is 18.5. The van der Waals surface area contributed by atoms with Gasteiger partial charge in [-0.15, -0.1) is 0 Å². The summed E-state index contributed by atoms with van der Waals surface area (Å²) in [6, 6.07) is 22.1. The lowest BCUT2D eigenvalue weighted by Gasteiger charge is -2.26. The van der Waals surface area contributed by atoms with Gasteiger partial charge in [-0.3, -0.25) is 14.6 Å². The van der Waals surface area contributed by atoms with Crippen LogP contribution in [0.1, 0.15) is 28.7 Å². The van der Waals surface area contributed by atoms with Gasteiger partial charge in [0.15, 0.2) is 0 Å². The number of aryl methyl sites for hydroxylation is 1. The summed E-state index contributed by atoms with van der Waals surface area (Å²) in [5, 5.41) is 0. The van der Waals surface area contributed by atoms with E-state index in [0.29, 0.717) is 26.2 Å². The molecule has 1 unspecified atom stereocenters. The van der Waals surface area contributed by atoms with E-state index in [1.165, 1.54) is 5.56 Å². The van der Waals surface area contributed by atoms with Gasteiger partial charge in [0.2, 0.25) is 11.8 Å². The number of amides is 2. The Hall–Kier alpha value is -3.47. The largest absolute Gasteiger partial charge is 0.342 e. The van der Waals surface area contributed by atoms with Crippen molar-refractivity contribution in [2.24, 2.45) is 5.92 Å². The number of likely N-dealkylation sites (tertiary alicyclic amines) is 1. The summed E-state index contributed by atoms with van der Waals surface area (Å²) in [4.78, 5) is 34.1. The average molecular weight is 428 g/mol. The quantitative estimate of drug-likeness (QED) is 0.546. The van der Waals surface area contributed by atoms with Gasteiger partial charge in [0.25, 0.3) is 0 Å². The number of pyridine rings is 1. The average Bonchev–Trinajstić information content (AvgIpc) is 3.20. The van der Waals surface area contributed by atoms with Crippen molar-refractivity contribution in [3.05, 3.63) is 101 Å². The van der Waals surface area contributed by atoms with Gasteiger partial charge < -0.3 is 9.80 Å². The van der Waals surface area contributed by atoms with Crippen LogP contribution in [0, 0.1) is 12.8 Å². The summed E-state index contributed by atoms with van der Waals surface area (Å²) in [5.41, 5.74) is 4.46. The Morgan fingerprint density at radius 2 is 1.75 bits per heavy atom. The number of carbonyl (C=O) groups is 2. The molecule has 0 N–H and O–H groups in total. The molecule has 2 aromatic carbocycles. The number of hydrogen-bond donors (Lipinski definition) is 0. The van der Waals surface area contributed by atoms with Gasteiger partial charge in [-0.2, -0.15) is 0 Å². The van der Waals surface area contributed by atoms with Gasteiger partial charge >= 0.3 is 0 Å². The van der Waals surface area contributed by atoms with Crippen LogP contribution >= 0.6 is 0 Å². The van der Waals surface area contributed by atoms with E-state index in [4.69, 9.17) is 0 Å². The van der Waals surface area contributed by atoms with Crippen molar-refractivity contribution >= 4 is 11.8 Å². The minimum absolute atomic E-state index is 0.0349. The molecule has 164 valence electrons. The molecular formula is C27H29N3O2. The minimum Gasteiger partial charge on any atom is -0.342 e. The first-order valence-electron chi connectivity index (χ1n) is 11.1. The molecule has 3 aromatic rings. The van der Waals surface area contributed by atoms with Gasteiger partial charge in [0.1, 0.15) is 0 Å². The van der Waals surface area contributed by atoms with E-state index in [1.807, 2.05) is 52.3 Å². The Kier molecular flexibility index (Phi) is 6.95. The van der Waals surface area contributed by atoms with Gasteiger partial charge in [-0.25, -0.2) is 0 Å². The molecule has 1 fully saturated rings. The van der Waals surface area contributed by atoms with Crippen molar-refractivity contribution in [1.29, 1.82) is 0 Å². The Bertz CT molecular complexity index is 1050. The molecule has 0 radical (unpaired) electrons. The maximum Gasteiger partial charge on any atom is 0.228 e. The van der Waals surface area contributed by atoms with Crippen molar-refractivity contribution < 1.29 is 9.59 Å². The third-order valence-corrected chi connectivity index (χ3v) is 6.11. The van der Waals surface area contributed by atoms with Crippen molar-refractivity contribution in [1.82, 2.24) is 14.8 Å².